The summed E-state index contributed by atoms with van der Waals surface area (Å²) in [7, 11) is 8.41. The highest BCUT2D eigenvalue weighted by Crippen LogP contribution is 2.29. The van der Waals surface area contributed by atoms with Gasteiger partial charge in [0.25, 0.3) is 17.1 Å². The van der Waals surface area contributed by atoms with Crippen molar-refractivity contribution in [3.8, 4) is 0 Å². The molecule has 7 aromatic rings. The number of hydrogen-bond acceptors (Lipinski definition) is 17. The van der Waals surface area contributed by atoms with E-state index in [1.807, 2.05) is 78.9 Å². The molecule has 4 aromatic heterocycles. The molecular formula is C77H92Cl2F3N15O5. The van der Waals surface area contributed by atoms with Gasteiger partial charge < -0.3 is 59.4 Å². The van der Waals surface area contributed by atoms with Gasteiger partial charge in [0.1, 0.15) is 57.8 Å². The van der Waals surface area contributed by atoms with Crippen LogP contribution >= 0.6 is 24.0 Å². The van der Waals surface area contributed by atoms with Gasteiger partial charge >= 0.3 is 5.97 Å². The first kappa shape index (κ1) is 77.1. The molecule has 4 fully saturated rings. The lowest BCUT2D eigenvalue weighted by atomic mass is 9.99. The van der Waals surface area contributed by atoms with Gasteiger partial charge in [0.15, 0.2) is 5.69 Å². The van der Waals surface area contributed by atoms with E-state index in [9.17, 15) is 32.3 Å². The Morgan fingerprint density at radius 1 is 0.382 bits per heavy atom. The molecule has 4 saturated heterocycles. The molecule has 0 radical (unpaired) electrons. The molecular weight excluding hydrogens is 1340 g/mol. The van der Waals surface area contributed by atoms with Crippen molar-refractivity contribution in [2.45, 2.75) is 19.3 Å². The molecule has 14 rings (SSSR count). The van der Waals surface area contributed by atoms with Gasteiger partial charge in [0.2, 0.25) is 0 Å². The van der Waals surface area contributed by atoms with E-state index in [2.05, 4.69) is 98.7 Å². The molecule has 25 heteroatoms. The second-order valence-electron chi connectivity index (χ2n) is 25.8. The Kier molecular flexibility index (Phi) is 28.9. The van der Waals surface area contributed by atoms with Crippen molar-refractivity contribution < 1.29 is 37.5 Å². The van der Waals surface area contributed by atoms with Crippen molar-refractivity contribution in [2.75, 3.05) is 192 Å². The SMILES string of the molecule is CN1CCN(c2cccc(C(=O)Cl)n2)CC1.CN1CCN(c2cccc(C(=O)N3CC=C(c4ccccc4F)CC3)n2)CC1.CN1CCN(c2cccc(C(=O)N3CC=C(c4ccccc4F)CC3)n2)CC1.CN1CCN(c2cccc(C(=O)O)n2)CC1.Cl.Fc1ccccc1C1=CCNCC1. The van der Waals surface area contributed by atoms with Crippen LogP contribution in [0.1, 0.15) is 77.9 Å². The molecule has 0 spiro atoms. The fourth-order valence-corrected chi connectivity index (χ4v) is 12.7. The highest BCUT2D eigenvalue weighted by Gasteiger charge is 2.26. The molecule has 7 aliphatic rings. The third-order valence-corrected chi connectivity index (χ3v) is 19.0. The summed E-state index contributed by atoms with van der Waals surface area (Å²) in [5, 5.41) is 11.6. The number of anilines is 4. The summed E-state index contributed by atoms with van der Waals surface area (Å²) < 4.78 is 41.3. The number of rotatable bonds is 11. The first-order chi connectivity index (χ1) is 48.9. The van der Waals surface area contributed by atoms with Gasteiger partial charge in [-0.25, -0.2) is 37.9 Å². The molecule has 7 aliphatic heterocycles. The monoisotopic (exact) mass is 1430 g/mol. The number of benzene rings is 3. The Morgan fingerprint density at radius 3 is 0.980 bits per heavy atom. The maximum atomic E-state index is 14.0. The van der Waals surface area contributed by atoms with Crippen LogP contribution in [-0.2, 0) is 0 Å². The molecule has 3 aromatic carbocycles. The van der Waals surface area contributed by atoms with E-state index in [0.717, 1.165) is 170 Å². The van der Waals surface area contributed by atoms with Crippen molar-refractivity contribution in [2.24, 2.45) is 0 Å². The number of carboxylic acid groups (broad SMARTS) is 1. The Hall–Kier alpha value is -9.07. The number of piperazine rings is 4. The maximum absolute atomic E-state index is 14.0. The molecule has 0 atom stereocenters. The average Bonchev–Trinajstić information content (AvgIpc) is 0.827. The number of aromatic carboxylic acids is 1. The zero-order valence-electron chi connectivity index (χ0n) is 58.5. The van der Waals surface area contributed by atoms with E-state index in [-0.39, 0.29) is 47.4 Å². The highest BCUT2D eigenvalue weighted by molar-refractivity contribution is 6.67. The number of hydrogen-bond donors (Lipinski definition) is 2. The maximum Gasteiger partial charge on any atom is 0.354 e. The van der Waals surface area contributed by atoms with Crippen LogP contribution in [0.2, 0.25) is 0 Å². The van der Waals surface area contributed by atoms with Crippen LogP contribution in [0.5, 0.6) is 0 Å². The predicted octanol–water partition coefficient (Wildman–Crippen LogP) is 10.2. The van der Waals surface area contributed by atoms with Crippen molar-refractivity contribution in [1.82, 2.24) is 54.7 Å². The Morgan fingerprint density at radius 2 is 0.686 bits per heavy atom. The number of likely N-dealkylation sites (N-methyl/N-ethyl adjacent to an activating group) is 4. The smallest absolute Gasteiger partial charge is 0.354 e. The molecule has 0 unspecified atom stereocenters. The number of aromatic nitrogens is 4. The lowest BCUT2D eigenvalue weighted by molar-refractivity contribution is 0.0688. The van der Waals surface area contributed by atoms with Gasteiger partial charge in [-0.2, -0.15) is 0 Å². The molecule has 540 valence electrons. The van der Waals surface area contributed by atoms with Crippen LogP contribution in [-0.4, -0.2) is 250 Å². The van der Waals surface area contributed by atoms with Crippen LogP contribution in [0.4, 0.5) is 36.4 Å². The quantitative estimate of drug-likeness (QED) is 0.117. The Balaban J connectivity index is 0.000000153. The summed E-state index contributed by atoms with van der Waals surface area (Å²) in [6.07, 6.45) is 8.16. The van der Waals surface area contributed by atoms with Crippen LogP contribution < -0.4 is 24.9 Å². The minimum Gasteiger partial charge on any atom is -0.477 e. The molecule has 0 bridgehead atoms. The van der Waals surface area contributed by atoms with E-state index in [1.165, 1.54) is 24.3 Å². The van der Waals surface area contributed by atoms with Gasteiger partial charge in [0, 0.05) is 154 Å². The van der Waals surface area contributed by atoms with Crippen LogP contribution in [0.15, 0.2) is 164 Å². The first-order valence-corrected chi connectivity index (χ1v) is 35.0. The third-order valence-electron chi connectivity index (χ3n) is 18.8. The number of nitrogens with zero attached hydrogens (tertiary/aromatic N) is 14. The van der Waals surface area contributed by atoms with Crippen molar-refractivity contribution in [1.29, 1.82) is 0 Å². The Labute approximate surface area is 607 Å². The molecule has 2 N–H and O–H groups in total. The zero-order chi connectivity index (χ0) is 71.2. The molecule has 2 amide bonds. The van der Waals surface area contributed by atoms with E-state index >= 15 is 0 Å². The van der Waals surface area contributed by atoms with Crippen molar-refractivity contribution >= 4 is 87.0 Å². The van der Waals surface area contributed by atoms with Crippen molar-refractivity contribution in [3.63, 3.8) is 0 Å². The summed E-state index contributed by atoms with van der Waals surface area (Å²) in [5.41, 5.74) is 6.42. The first-order valence-electron chi connectivity index (χ1n) is 34.6. The molecule has 102 heavy (non-hydrogen) atoms. The van der Waals surface area contributed by atoms with Gasteiger partial charge in [-0.15, -0.1) is 12.4 Å². The summed E-state index contributed by atoms with van der Waals surface area (Å²) in [6.45, 7) is 19.2. The Bertz CT molecular complexity index is 3820. The van der Waals surface area contributed by atoms with E-state index in [4.69, 9.17) is 16.7 Å². The lowest BCUT2D eigenvalue weighted by Gasteiger charge is -2.33. The third kappa shape index (κ3) is 21.7. The number of carbonyl (C=O) groups is 4. The number of halogens is 5. The van der Waals surface area contributed by atoms with Crippen LogP contribution in [0.3, 0.4) is 0 Å². The minimum absolute atomic E-state index is 0. The number of carbonyl (C=O) groups excluding carboxylic acids is 3. The summed E-state index contributed by atoms with van der Waals surface area (Å²) in [4.78, 5) is 86.7. The van der Waals surface area contributed by atoms with Gasteiger partial charge in [-0.3, -0.25) is 14.4 Å². The molecule has 0 aliphatic carbocycles. The molecule has 0 saturated carbocycles. The fraction of sp³-hybridized carbons (Fsp3) is 0.377. The second-order valence-corrected chi connectivity index (χ2v) is 26.2. The lowest BCUT2D eigenvalue weighted by Crippen LogP contribution is -2.45. The summed E-state index contributed by atoms with van der Waals surface area (Å²) in [5.74, 6) is 1.65. The van der Waals surface area contributed by atoms with E-state index in [0.29, 0.717) is 67.2 Å². The summed E-state index contributed by atoms with van der Waals surface area (Å²) in [6, 6.07) is 42.3. The fourth-order valence-electron chi connectivity index (χ4n) is 12.6. The number of amides is 2. The van der Waals surface area contributed by atoms with Crippen LogP contribution in [0.25, 0.3) is 16.7 Å². The molecule has 20 nitrogen and oxygen atoms in total. The minimum atomic E-state index is -0.976. The number of nitrogens with one attached hydrogen (secondary N) is 1. The topological polar surface area (TPSA) is 184 Å². The highest BCUT2D eigenvalue weighted by atomic mass is 35.5. The summed E-state index contributed by atoms with van der Waals surface area (Å²) >= 11 is 5.41. The van der Waals surface area contributed by atoms with Crippen LogP contribution in [0, 0.1) is 17.5 Å². The molecule has 11 heterocycles. The van der Waals surface area contributed by atoms with Gasteiger partial charge in [0.05, 0.1) is 0 Å². The van der Waals surface area contributed by atoms with Crippen molar-refractivity contribution in [3.05, 3.63) is 221 Å². The number of pyridine rings is 4. The second kappa shape index (κ2) is 38.3. The van der Waals surface area contributed by atoms with E-state index in [1.54, 1.807) is 64.4 Å². The van der Waals surface area contributed by atoms with Gasteiger partial charge in [-0.1, -0.05) is 97.1 Å². The largest absolute Gasteiger partial charge is 0.477 e. The standard InChI is InChI=1S/2C22H25FN4O.C11H14ClN3O.C11H12FN.C11H15N3O2.ClH/c2*1-25-13-15-26(16-14-25)21-8-4-7-20(24-21)22(28)27-11-9-17(10-12-27)18-5-2-3-6-19(18)23;1-14-5-7-15(8-6-14)10-4-2-3-9(13-10)11(12)16;12-11-4-2-1-3-10(11)9-5-7-13-8-6-9;1-13-5-7-14(8-6-13)10-4-2-3-9(12-10)11(15)16;/h2*2-9H,10-16H2,1H3;2-4H,5-8H2,1H3;1-5,13H,6-8H2;2-4H,5-8H2,1H3,(H,15,16);1H. The normalized spacial score (nSPS) is 17.6. The average molecular weight is 1440 g/mol. The number of carboxylic acids is 1. The van der Waals surface area contributed by atoms with E-state index < -0.39 is 11.2 Å². The zero-order valence-corrected chi connectivity index (χ0v) is 60.1. The predicted molar refractivity (Wildman–Crippen MR) is 402 cm³/mol. The van der Waals surface area contributed by atoms with Gasteiger partial charge in [-0.05, 0) is 149 Å².